The highest BCUT2D eigenvalue weighted by Crippen LogP contribution is 2.17. The Labute approximate surface area is 113 Å². The standard InChI is InChI=1S/C14H21NO4/c1-14(2,3)19-13(18)15-11(12(16)17)9-10-7-5-4-6-8-10/h4-5,8,11H,6-7,9H2,1-3H3,(H,15,18)(H,16,17)/t11-/m0/s1. The van der Waals surface area contributed by atoms with Gasteiger partial charge in [-0.05, 0) is 40.0 Å². The maximum atomic E-state index is 11.6. The average molecular weight is 267 g/mol. The second kappa shape index (κ2) is 6.41. The fourth-order valence-corrected chi connectivity index (χ4v) is 1.73. The molecule has 1 amide bonds. The Morgan fingerprint density at radius 2 is 2.11 bits per heavy atom. The van der Waals surface area contributed by atoms with Crippen LogP contribution in [0.25, 0.3) is 0 Å². The molecule has 0 fully saturated rings. The van der Waals surface area contributed by atoms with E-state index in [9.17, 15) is 9.59 Å². The number of amides is 1. The smallest absolute Gasteiger partial charge is 0.408 e. The van der Waals surface area contributed by atoms with Gasteiger partial charge in [0.05, 0.1) is 0 Å². The fourth-order valence-electron chi connectivity index (χ4n) is 1.73. The van der Waals surface area contributed by atoms with Crippen molar-refractivity contribution < 1.29 is 19.4 Å². The number of aliphatic carboxylic acids is 1. The van der Waals surface area contributed by atoms with Gasteiger partial charge in [0.1, 0.15) is 11.6 Å². The van der Waals surface area contributed by atoms with Crippen LogP contribution in [0.3, 0.4) is 0 Å². The van der Waals surface area contributed by atoms with Gasteiger partial charge in [-0.1, -0.05) is 23.8 Å². The van der Waals surface area contributed by atoms with Crippen molar-refractivity contribution >= 4 is 12.1 Å². The maximum absolute atomic E-state index is 11.6. The molecule has 5 heteroatoms. The molecular weight excluding hydrogens is 246 g/mol. The quantitative estimate of drug-likeness (QED) is 0.768. The van der Waals surface area contributed by atoms with E-state index < -0.39 is 23.7 Å². The highest BCUT2D eigenvalue weighted by Gasteiger charge is 2.24. The molecule has 0 bridgehead atoms. The molecule has 0 heterocycles. The van der Waals surface area contributed by atoms with Crippen molar-refractivity contribution in [2.75, 3.05) is 0 Å². The molecule has 1 rings (SSSR count). The molecule has 0 saturated carbocycles. The van der Waals surface area contributed by atoms with Crippen LogP contribution in [0.5, 0.6) is 0 Å². The third-order valence-electron chi connectivity index (χ3n) is 2.54. The number of nitrogens with one attached hydrogen (secondary N) is 1. The Bertz CT molecular complexity index is 404. The van der Waals surface area contributed by atoms with Crippen LogP contribution >= 0.6 is 0 Å². The van der Waals surface area contributed by atoms with Crippen LogP contribution < -0.4 is 5.32 Å². The van der Waals surface area contributed by atoms with E-state index in [1.807, 2.05) is 18.2 Å². The molecule has 1 atom stereocenters. The van der Waals surface area contributed by atoms with Crippen LogP contribution in [-0.2, 0) is 9.53 Å². The molecule has 0 aromatic heterocycles. The number of alkyl carbamates (subject to hydrolysis) is 1. The normalized spacial score (nSPS) is 16.5. The summed E-state index contributed by atoms with van der Waals surface area (Å²) in [5.74, 6) is -1.05. The highest BCUT2D eigenvalue weighted by atomic mass is 16.6. The van der Waals surface area contributed by atoms with Gasteiger partial charge < -0.3 is 15.2 Å². The van der Waals surface area contributed by atoms with Crippen LogP contribution in [0.2, 0.25) is 0 Å². The predicted octanol–water partition coefficient (Wildman–Crippen LogP) is 2.63. The van der Waals surface area contributed by atoms with Crippen LogP contribution in [0.4, 0.5) is 4.79 Å². The minimum atomic E-state index is -1.05. The Morgan fingerprint density at radius 1 is 1.42 bits per heavy atom. The summed E-state index contributed by atoms with van der Waals surface area (Å²) < 4.78 is 5.06. The molecule has 1 aliphatic rings. The lowest BCUT2D eigenvalue weighted by Crippen LogP contribution is -2.43. The minimum absolute atomic E-state index is 0.304. The lowest BCUT2D eigenvalue weighted by Gasteiger charge is -2.22. The fraction of sp³-hybridized carbons (Fsp3) is 0.571. The topological polar surface area (TPSA) is 75.6 Å². The molecule has 19 heavy (non-hydrogen) atoms. The SMILES string of the molecule is CC(C)(C)OC(=O)N[C@@H](CC1=CCC=CC1)C(=O)O. The van der Waals surface area contributed by atoms with E-state index in [1.54, 1.807) is 20.8 Å². The van der Waals surface area contributed by atoms with E-state index in [0.717, 1.165) is 18.4 Å². The van der Waals surface area contributed by atoms with Crippen molar-refractivity contribution in [1.29, 1.82) is 0 Å². The molecule has 0 aromatic carbocycles. The molecule has 0 aromatic rings. The summed E-state index contributed by atoms with van der Waals surface area (Å²) in [4.78, 5) is 22.7. The van der Waals surface area contributed by atoms with Gasteiger partial charge in [0, 0.05) is 0 Å². The van der Waals surface area contributed by atoms with Crippen molar-refractivity contribution in [2.45, 2.75) is 51.7 Å². The summed E-state index contributed by atoms with van der Waals surface area (Å²) in [5.41, 5.74) is 0.380. The number of hydrogen-bond acceptors (Lipinski definition) is 3. The number of carboxylic acid groups (broad SMARTS) is 1. The van der Waals surface area contributed by atoms with Gasteiger partial charge >= 0.3 is 12.1 Å². The zero-order valence-corrected chi connectivity index (χ0v) is 11.6. The molecular formula is C14H21NO4. The Hall–Kier alpha value is -1.78. The largest absolute Gasteiger partial charge is 0.480 e. The van der Waals surface area contributed by atoms with Gasteiger partial charge in [-0.15, -0.1) is 0 Å². The first-order valence-corrected chi connectivity index (χ1v) is 6.33. The first-order valence-electron chi connectivity index (χ1n) is 6.33. The van der Waals surface area contributed by atoms with E-state index in [1.165, 1.54) is 0 Å². The van der Waals surface area contributed by atoms with E-state index in [-0.39, 0.29) is 0 Å². The van der Waals surface area contributed by atoms with Gasteiger partial charge in [-0.25, -0.2) is 9.59 Å². The zero-order chi connectivity index (χ0) is 14.5. The average Bonchev–Trinajstić information content (AvgIpc) is 2.26. The minimum Gasteiger partial charge on any atom is -0.480 e. The molecule has 0 aliphatic heterocycles. The molecule has 2 N–H and O–H groups in total. The summed E-state index contributed by atoms with van der Waals surface area (Å²) in [6, 6.07) is -0.951. The van der Waals surface area contributed by atoms with Crippen molar-refractivity contribution in [1.82, 2.24) is 5.32 Å². The number of carbonyl (C=O) groups excluding carboxylic acids is 1. The maximum Gasteiger partial charge on any atom is 0.408 e. The molecule has 0 unspecified atom stereocenters. The molecule has 0 saturated heterocycles. The number of allylic oxidation sites excluding steroid dienone is 3. The van der Waals surface area contributed by atoms with Crippen molar-refractivity contribution in [3.63, 3.8) is 0 Å². The summed E-state index contributed by atoms with van der Waals surface area (Å²) >= 11 is 0. The van der Waals surface area contributed by atoms with Gasteiger partial charge in [0.2, 0.25) is 0 Å². The Balaban J connectivity index is 2.56. The third-order valence-corrected chi connectivity index (χ3v) is 2.54. The highest BCUT2D eigenvalue weighted by molar-refractivity contribution is 5.80. The molecule has 1 aliphatic carbocycles. The lowest BCUT2D eigenvalue weighted by atomic mass is 9.99. The summed E-state index contributed by atoms with van der Waals surface area (Å²) in [5, 5.41) is 11.5. The van der Waals surface area contributed by atoms with Crippen molar-refractivity contribution in [3.05, 3.63) is 23.8 Å². The second-order valence-electron chi connectivity index (χ2n) is 5.51. The van der Waals surface area contributed by atoms with Crippen LogP contribution in [0.1, 0.15) is 40.0 Å². The van der Waals surface area contributed by atoms with Crippen LogP contribution in [-0.4, -0.2) is 28.8 Å². The third kappa shape index (κ3) is 6.08. The second-order valence-corrected chi connectivity index (χ2v) is 5.51. The van der Waals surface area contributed by atoms with E-state index in [0.29, 0.717) is 6.42 Å². The van der Waals surface area contributed by atoms with E-state index in [4.69, 9.17) is 9.84 Å². The number of ether oxygens (including phenoxy) is 1. The first-order chi connectivity index (χ1) is 8.78. The number of rotatable bonds is 4. The molecule has 0 spiro atoms. The lowest BCUT2D eigenvalue weighted by molar-refractivity contribution is -0.139. The summed E-state index contributed by atoms with van der Waals surface area (Å²) in [7, 11) is 0. The van der Waals surface area contributed by atoms with E-state index in [2.05, 4.69) is 5.32 Å². The monoisotopic (exact) mass is 267 g/mol. The molecule has 106 valence electrons. The first kappa shape index (κ1) is 15.3. The molecule has 0 radical (unpaired) electrons. The Morgan fingerprint density at radius 3 is 2.58 bits per heavy atom. The van der Waals surface area contributed by atoms with Crippen molar-refractivity contribution in [3.8, 4) is 0 Å². The number of carbonyl (C=O) groups is 2. The van der Waals surface area contributed by atoms with Gasteiger partial charge in [0.25, 0.3) is 0 Å². The van der Waals surface area contributed by atoms with E-state index >= 15 is 0 Å². The van der Waals surface area contributed by atoms with Crippen molar-refractivity contribution in [2.24, 2.45) is 0 Å². The van der Waals surface area contributed by atoms with Gasteiger partial charge in [-0.2, -0.15) is 0 Å². The zero-order valence-electron chi connectivity index (χ0n) is 11.6. The summed E-state index contributed by atoms with van der Waals surface area (Å²) in [6.07, 6.45) is 7.17. The van der Waals surface area contributed by atoms with Gasteiger partial charge in [-0.3, -0.25) is 0 Å². The van der Waals surface area contributed by atoms with Crippen LogP contribution in [0.15, 0.2) is 23.8 Å². The summed E-state index contributed by atoms with van der Waals surface area (Å²) in [6.45, 7) is 5.20. The molecule has 5 nitrogen and oxygen atoms in total. The number of hydrogen-bond donors (Lipinski definition) is 2. The predicted molar refractivity (Wildman–Crippen MR) is 71.9 cm³/mol. The van der Waals surface area contributed by atoms with Gasteiger partial charge in [0.15, 0.2) is 0 Å². The number of carboxylic acids is 1. The van der Waals surface area contributed by atoms with Crippen LogP contribution in [0, 0.1) is 0 Å². The Kier molecular flexibility index (Phi) is 5.15.